The molecular formula is C20H22ClFN2O5S. The van der Waals surface area contributed by atoms with E-state index < -0.39 is 51.2 Å². The summed E-state index contributed by atoms with van der Waals surface area (Å²) in [5, 5.41) is 2.83. The van der Waals surface area contributed by atoms with Crippen LogP contribution in [-0.2, 0) is 24.3 Å². The molecule has 0 spiro atoms. The van der Waals surface area contributed by atoms with Gasteiger partial charge in [0, 0.05) is 0 Å². The molecule has 0 heterocycles. The van der Waals surface area contributed by atoms with Gasteiger partial charge in [-0.2, -0.15) is 4.72 Å². The van der Waals surface area contributed by atoms with E-state index in [9.17, 15) is 22.4 Å². The van der Waals surface area contributed by atoms with Crippen LogP contribution in [0, 0.1) is 18.7 Å². The quantitative estimate of drug-likeness (QED) is 0.593. The van der Waals surface area contributed by atoms with Crippen molar-refractivity contribution in [3.05, 3.63) is 58.9 Å². The van der Waals surface area contributed by atoms with Crippen molar-refractivity contribution >= 4 is 39.2 Å². The molecule has 0 unspecified atom stereocenters. The molecule has 30 heavy (non-hydrogen) atoms. The van der Waals surface area contributed by atoms with Gasteiger partial charge in [-0.25, -0.2) is 12.8 Å². The van der Waals surface area contributed by atoms with Crippen LogP contribution in [0.5, 0.6) is 0 Å². The molecule has 0 saturated heterocycles. The van der Waals surface area contributed by atoms with Crippen molar-refractivity contribution in [1.82, 2.24) is 4.72 Å². The first-order valence-corrected chi connectivity index (χ1v) is 10.9. The van der Waals surface area contributed by atoms with Gasteiger partial charge in [0.1, 0.15) is 16.8 Å². The van der Waals surface area contributed by atoms with Gasteiger partial charge in [0.05, 0.1) is 10.7 Å². The highest BCUT2D eigenvalue weighted by Gasteiger charge is 2.31. The number of hydrogen-bond donors (Lipinski definition) is 2. The Labute approximate surface area is 179 Å². The molecule has 0 aliphatic heterocycles. The molecule has 0 saturated carbocycles. The Balaban J connectivity index is 2.03. The van der Waals surface area contributed by atoms with Gasteiger partial charge in [-0.1, -0.05) is 43.6 Å². The third-order valence-electron chi connectivity index (χ3n) is 4.07. The highest BCUT2D eigenvalue weighted by Crippen LogP contribution is 2.22. The van der Waals surface area contributed by atoms with Gasteiger partial charge in [-0.05, 0) is 42.7 Å². The molecule has 0 fully saturated rings. The number of esters is 1. The second-order valence-electron chi connectivity index (χ2n) is 6.91. The summed E-state index contributed by atoms with van der Waals surface area (Å²) >= 11 is 6.04. The van der Waals surface area contributed by atoms with Crippen molar-refractivity contribution < 1.29 is 27.1 Å². The van der Waals surface area contributed by atoms with Crippen LogP contribution >= 0.6 is 11.6 Å². The van der Waals surface area contributed by atoms with E-state index in [2.05, 4.69) is 10.0 Å². The molecule has 2 rings (SSSR count). The molecule has 0 aliphatic carbocycles. The van der Waals surface area contributed by atoms with E-state index in [4.69, 9.17) is 16.3 Å². The van der Waals surface area contributed by atoms with Gasteiger partial charge >= 0.3 is 5.97 Å². The number of nitrogens with one attached hydrogen (secondary N) is 2. The summed E-state index contributed by atoms with van der Waals surface area (Å²) in [7, 11) is -4.32. The Morgan fingerprint density at radius 1 is 1.17 bits per heavy atom. The number of anilines is 1. The zero-order valence-electron chi connectivity index (χ0n) is 16.6. The lowest BCUT2D eigenvalue weighted by molar-refractivity contribution is -0.150. The van der Waals surface area contributed by atoms with Gasteiger partial charge in [0.15, 0.2) is 6.61 Å². The molecule has 162 valence electrons. The fourth-order valence-electron chi connectivity index (χ4n) is 2.48. The van der Waals surface area contributed by atoms with Crippen LogP contribution in [0.1, 0.15) is 19.4 Å². The molecule has 2 aromatic carbocycles. The predicted octanol–water partition coefficient (Wildman–Crippen LogP) is 3.27. The van der Waals surface area contributed by atoms with E-state index in [1.165, 1.54) is 12.1 Å². The first-order valence-electron chi connectivity index (χ1n) is 9.00. The first-order chi connectivity index (χ1) is 14.0. The van der Waals surface area contributed by atoms with E-state index in [-0.39, 0.29) is 0 Å². The molecule has 1 atom stereocenters. The largest absolute Gasteiger partial charge is 0.454 e. The minimum atomic E-state index is -4.32. The van der Waals surface area contributed by atoms with E-state index >= 15 is 0 Å². The monoisotopic (exact) mass is 456 g/mol. The maximum Gasteiger partial charge on any atom is 0.324 e. The van der Waals surface area contributed by atoms with Crippen molar-refractivity contribution in [3.8, 4) is 0 Å². The Hall–Kier alpha value is -2.49. The summed E-state index contributed by atoms with van der Waals surface area (Å²) in [5.41, 5.74) is 1.26. The smallest absolute Gasteiger partial charge is 0.324 e. The van der Waals surface area contributed by atoms with E-state index in [1.54, 1.807) is 32.0 Å². The van der Waals surface area contributed by atoms with Crippen molar-refractivity contribution in [1.29, 1.82) is 0 Å². The molecule has 0 aromatic heterocycles. The Kier molecular flexibility index (Phi) is 7.94. The summed E-state index contributed by atoms with van der Waals surface area (Å²) in [4.78, 5) is 23.9. The standard InChI is InChI=1S/C20H22ClFN2O5S/c1-12(2)19(24-30(27,28)17-7-5-4-6-15(17)22)20(26)29-11-18(25)23-16-9-8-13(3)10-14(16)21/h4-10,12,19,24H,11H2,1-3H3,(H,23,25)/t19-/m0/s1. The first kappa shape index (κ1) is 23.8. The zero-order valence-corrected chi connectivity index (χ0v) is 18.2. The number of benzene rings is 2. The summed E-state index contributed by atoms with van der Waals surface area (Å²) in [6.07, 6.45) is 0. The van der Waals surface area contributed by atoms with Crippen LogP contribution in [0.2, 0.25) is 5.02 Å². The maximum absolute atomic E-state index is 13.9. The lowest BCUT2D eigenvalue weighted by Gasteiger charge is -2.21. The molecule has 2 aromatic rings. The van der Waals surface area contributed by atoms with Crippen molar-refractivity contribution in [2.75, 3.05) is 11.9 Å². The summed E-state index contributed by atoms with van der Waals surface area (Å²) in [5.74, 6) is -3.08. The number of carbonyl (C=O) groups excluding carboxylic acids is 2. The van der Waals surface area contributed by atoms with Gasteiger partial charge in [0.2, 0.25) is 10.0 Å². The third kappa shape index (κ3) is 6.25. The van der Waals surface area contributed by atoms with Gasteiger partial charge < -0.3 is 10.1 Å². The van der Waals surface area contributed by atoms with Crippen LogP contribution in [0.4, 0.5) is 10.1 Å². The lowest BCUT2D eigenvalue weighted by Crippen LogP contribution is -2.46. The SMILES string of the molecule is Cc1ccc(NC(=O)COC(=O)[C@@H](NS(=O)(=O)c2ccccc2F)C(C)C)c(Cl)c1. The number of rotatable bonds is 8. The molecule has 1 amide bonds. The molecule has 0 radical (unpaired) electrons. The summed E-state index contributed by atoms with van der Waals surface area (Å²) < 4.78 is 45.9. The Morgan fingerprint density at radius 2 is 1.83 bits per heavy atom. The fraction of sp³-hybridized carbons (Fsp3) is 0.300. The van der Waals surface area contributed by atoms with Crippen molar-refractivity contribution in [2.24, 2.45) is 5.92 Å². The van der Waals surface area contributed by atoms with Gasteiger partial charge in [0.25, 0.3) is 5.91 Å². The predicted molar refractivity (Wildman–Crippen MR) is 111 cm³/mol. The number of carbonyl (C=O) groups is 2. The third-order valence-corrected chi connectivity index (χ3v) is 5.86. The summed E-state index contributed by atoms with van der Waals surface area (Å²) in [6, 6.07) is 8.50. The average Bonchev–Trinajstić information content (AvgIpc) is 2.66. The highest BCUT2D eigenvalue weighted by molar-refractivity contribution is 7.89. The Bertz CT molecular complexity index is 1040. The molecule has 7 nitrogen and oxygen atoms in total. The van der Waals surface area contributed by atoms with Crippen LogP contribution in [0.15, 0.2) is 47.4 Å². The number of ether oxygens (including phenoxy) is 1. The van der Waals surface area contributed by atoms with Gasteiger partial charge in [-0.3, -0.25) is 9.59 Å². The minimum Gasteiger partial charge on any atom is -0.454 e. The molecular weight excluding hydrogens is 435 g/mol. The van der Waals surface area contributed by atoms with Crippen molar-refractivity contribution in [2.45, 2.75) is 31.7 Å². The summed E-state index contributed by atoms with van der Waals surface area (Å²) in [6.45, 7) is 4.37. The molecule has 10 heteroatoms. The number of sulfonamides is 1. The minimum absolute atomic E-state index is 0.326. The maximum atomic E-state index is 13.9. The highest BCUT2D eigenvalue weighted by atomic mass is 35.5. The Morgan fingerprint density at radius 3 is 2.43 bits per heavy atom. The van der Waals surface area contributed by atoms with Crippen LogP contribution < -0.4 is 10.0 Å². The van der Waals surface area contributed by atoms with Crippen LogP contribution in [0.25, 0.3) is 0 Å². The van der Waals surface area contributed by atoms with E-state index in [1.807, 2.05) is 6.92 Å². The molecule has 0 aliphatic rings. The zero-order chi connectivity index (χ0) is 22.5. The van der Waals surface area contributed by atoms with Crippen LogP contribution in [-0.4, -0.2) is 32.9 Å². The number of hydrogen-bond acceptors (Lipinski definition) is 5. The second kappa shape index (κ2) is 10.0. The number of amides is 1. The van der Waals surface area contributed by atoms with Crippen LogP contribution in [0.3, 0.4) is 0 Å². The fourth-order valence-corrected chi connectivity index (χ4v) is 4.18. The number of aryl methyl sites for hydroxylation is 1. The molecule has 2 N–H and O–H groups in total. The molecule has 0 bridgehead atoms. The van der Waals surface area contributed by atoms with E-state index in [0.29, 0.717) is 10.7 Å². The topological polar surface area (TPSA) is 102 Å². The van der Waals surface area contributed by atoms with Gasteiger partial charge in [-0.15, -0.1) is 0 Å². The van der Waals surface area contributed by atoms with Crippen molar-refractivity contribution in [3.63, 3.8) is 0 Å². The number of halogens is 2. The second-order valence-corrected chi connectivity index (χ2v) is 9.00. The average molecular weight is 457 g/mol. The normalized spacial score (nSPS) is 12.5. The van der Waals surface area contributed by atoms with E-state index in [0.717, 1.165) is 17.7 Å². The lowest BCUT2D eigenvalue weighted by atomic mass is 10.1.